The second kappa shape index (κ2) is 6.63. The van der Waals surface area contributed by atoms with Crippen molar-refractivity contribution in [1.82, 2.24) is 0 Å². The first-order valence-corrected chi connectivity index (χ1v) is 12.7. The standard InChI is InChI=1S/C17H23O2PSi/c1-18-14-6-10-16(11-7-14)20(21(3,4)5)17-12-8-15(19-2)9-13-17/h6-13H,1-5H3. The first-order chi connectivity index (χ1) is 9.95. The quantitative estimate of drug-likeness (QED) is 0.613. The van der Waals surface area contributed by atoms with Gasteiger partial charge in [-0.2, -0.15) is 0 Å². The van der Waals surface area contributed by atoms with E-state index in [1.165, 1.54) is 10.6 Å². The van der Waals surface area contributed by atoms with E-state index in [1.54, 1.807) is 14.2 Å². The topological polar surface area (TPSA) is 18.5 Å². The molecular weight excluding hydrogens is 295 g/mol. The number of ether oxygens (including phenoxy) is 2. The van der Waals surface area contributed by atoms with Gasteiger partial charge in [0.05, 0.1) is 22.0 Å². The molecule has 0 amide bonds. The summed E-state index contributed by atoms with van der Waals surface area (Å²) < 4.78 is 10.5. The average Bonchev–Trinajstić information content (AvgIpc) is 2.47. The van der Waals surface area contributed by atoms with Crippen LogP contribution >= 0.6 is 7.47 Å². The molecular formula is C17H23O2PSi. The van der Waals surface area contributed by atoms with E-state index >= 15 is 0 Å². The van der Waals surface area contributed by atoms with E-state index in [9.17, 15) is 0 Å². The predicted molar refractivity (Wildman–Crippen MR) is 95.5 cm³/mol. The van der Waals surface area contributed by atoms with E-state index in [0.29, 0.717) is 0 Å². The minimum absolute atomic E-state index is 0.299. The van der Waals surface area contributed by atoms with Crippen molar-refractivity contribution in [1.29, 1.82) is 0 Å². The lowest BCUT2D eigenvalue weighted by Crippen LogP contribution is -2.30. The molecule has 2 nitrogen and oxygen atoms in total. The fraction of sp³-hybridized carbons (Fsp3) is 0.294. The van der Waals surface area contributed by atoms with Crippen LogP contribution in [0.2, 0.25) is 19.6 Å². The van der Waals surface area contributed by atoms with Gasteiger partial charge in [-0.05, 0) is 34.9 Å². The van der Waals surface area contributed by atoms with Crippen molar-refractivity contribution in [3.63, 3.8) is 0 Å². The van der Waals surface area contributed by atoms with E-state index < -0.39 is 7.74 Å². The van der Waals surface area contributed by atoms with Crippen LogP contribution in [0.15, 0.2) is 48.5 Å². The van der Waals surface area contributed by atoms with Gasteiger partial charge in [0.25, 0.3) is 0 Å². The SMILES string of the molecule is COc1ccc(P(c2ccc(OC)cc2)[Si](C)(C)C)cc1. The average molecular weight is 318 g/mol. The van der Waals surface area contributed by atoms with Crippen LogP contribution in [0.3, 0.4) is 0 Å². The largest absolute Gasteiger partial charge is 0.497 e. The lowest BCUT2D eigenvalue weighted by Gasteiger charge is -2.30. The highest BCUT2D eigenvalue weighted by molar-refractivity contribution is 8.04. The summed E-state index contributed by atoms with van der Waals surface area (Å²) >= 11 is 0. The van der Waals surface area contributed by atoms with Gasteiger partial charge in [-0.3, -0.25) is 0 Å². The molecule has 0 heterocycles. The van der Waals surface area contributed by atoms with Crippen molar-refractivity contribution in [2.75, 3.05) is 14.2 Å². The molecule has 2 rings (SSSR count). The van der Waals surface area contributed by atoms with Crippen molar-refractivity contribution in [2.45, 2.75) is 19.6 Å². The summed E-state index contributed by atoms with van der Waals surface area (Å²) in [4.78, 5) is 0. The molecule has 21 heavy (non-hydrogen) atoms. The number of benzene rings is 2. The Morgan fingerprint density at radius 1 is 0.667 bits per heavy atom. The van der Waals surface area contributed by atoms with Crippen LogP contribution in [0.4, 0.5) is 0 Å². The lowest BCUT2D eigenvalue weighted by atomic mass is 10.3. The molecule has 2 aromatic carbocycles. The van der Waals surface area contributed by atoms with E-state index in [2.05, 4.69) is 68.2 Å². The maximum absolute atomic E-state index is 5.27. The number of hydrogen-bond acceptors (Lipinski definition) is 2. The highest BCUT2D eigenvalue weighted by atomic mass is 31.4. The number of hydrogen-bond donors (Lipinski definition) is 0. The van der Waals surface area contributed by atoms with Gasteiger partial charge in [-0.25, -0.2) is 0 Å². The minimum atomic E-state index is -1.34. The van der Waals surface area contributed by atoms with Crippen LogP contribution in [0.1, 0.15) is 0 Å². The Morgan fingerprint density at radius 2 is 1.00 bits per heavy atom. The summed E-state index contributed by atoms with van der Waals surface area (Å²) in [5.74, 6) is 1.83. The Hall–Kier alpha value is -1.31. The molecule has 0 unspecified atom stereocenters. The first-order valence-electron chi connectivity index (χ1n) is 7.04. The zero-order chi connectivity index (χ0) is 15.5. The van der Waals surface area contributed by atoms with Gasteiger partial charge < -0.3 is 9.47 Å². The van der Waals surface area contributed by atoms with Crippen LogP contribution in [0.25, 0.3) is 0 Å². The van der Waals surface area contributed by atoms with E-state index in [1.807, 2.05) is 0 Å². The molecule has 0 N–H and O–H groups in total. The molecule has 0 aliphatic heterocycles. The zero-order valence-corrected chi connectivity index (χ0v) is 15.3. The first kappa shape index (κ1) is 16.1. The summed E-state index contributed by atoms with van der Waals surface area (Å²) in [6.07, 6.45) is 0. The van der Waals surface area contributed by atoms with Gasteiger partial charge >= 0.3 is 0 Å². The van der Waals surface area contributed by atoms with Crippen molar-refractivity contribution < 1.29 is 9.47 Å². The maximum Gasteiger partial charge on any atom is 0.118 e. The Labute approximate surface area is 129 Å². The van der Waals surface area contributed by atoms with Gasteiger partial charge in [-0.1, -0.05) is 51.4 Å². The van der Waals surface area contributed by atoms with Crippen molar-refractivity contribution in [2.24, 2.45) is 0 Å². The summed E-state index contributed by atoms with van der Waals surface area (Å²) in [7, 11) is 1.78. The summed E-state index contributed by atoms with van der Waals surface area (Å²) in [5.41, 5.74) is 0. The smallest absolute Gasteiger partial charge is 0.118 e. The molecule has 0 aromatic heterocycles. The van der Waals surface area contributed by atoms with Gasteiger partial charge in [0.2, 0.25) is 0 Å². The van der Waals surface area contributed by atoms with Crippen molar-refractivity contribution in [3.05, 3.63) is 48.5 Å². The Kier molecular flexibility index (Phi) is 5.07. The van der Waals surface area contributed by atoms with Crippen molar-refractivity contribution >= 4 is 25.8 Å². The van der Waals surface area contributed by atoms with Crippen LogP contribution in [-0.2, 0) is 0 Å². The lowest BCUT2D eigenvalue weighted by molar-refractivity contribution is 0.415. The highest BCUT2D eigenvalue weighted by Gasteiger charge is 2.29. The Bertz CT molecular complexity index is 526. The molecule has 0 radical (unpaired) electrons. The predicted octanol–water partition coefficient (Wildman–Crippen LogP) is 3.97. The van der Waals surface area contributed by atoms with Gasteiger partial charge in [-0.15, -0.1) is 0 Å². The highest BCUT2D eigenvalue weighted by Crippen LogP contribution is 2.44. The third kappa shape index (κ3) is 3.87. The molecule has 112 valence electrons. The maximum atomic E-state index is 5.27. The van der Waals surface area contributed by atoms with E-state index in [-0.39, 0.29) is 7.47 Å². The molecule has 0 fully saturated rings. The zero-order valence-electron chi connectivity index (χ0n) is 13.4. The fourth-order valence-electron chi connectivity index (χ4n) is 2.39. The third-order valence-corrected chi connectivity index (χ3v) is 11.9. The molecule has 0 bridgehead atoms. The van der Waals surface area contributed by atoms with Crippen LogP contribution in [0, 0.1) is 0 Å². The monoisotopic (exact) mass is 318 g/mol. The van der Waals surface area contributed by atoms with Crippen LogP contribution < -0.4 is 20.1 Å². The van der Waals surface area contributed by atoms with Gasteiger partial charge in [0.15, 0.2) is 0 Å². The molecule has 0 saturated carbocycles. The van der Waals surface area contributed by atoms with Crippen LogP contribution in [-0.4, -0.2) is 22.0 Å². The second-order valence-electron chi connectivity index (χ2n) is 5.90. The third-order valence-electron chi connectivity index (χ3n) is 3.33. The second-order valence-corrected chi connectivity index (χ2v) is 17.3. The molecule has 0 aliphatic carbocycles. The number of rotatable bonds is 5. The summed E-state index contributed by atoms with van der Waals surface area (Å²) in [5, 5.41) is 2.85. The van der Waals surface area contributed by atoms with Crippen LogP contribution in [0.5, 0.6) is 11.5 Å². The van der Waals surface area contributed by atoms with Gasteiger partial charge in [0.1, 0.15) is 11.5 Å². The molecule has 0 saturated heterocycles. The summed E-state index contributed by atoms with van der Waals surface area (Å²) in [6, 6.07) is 17.1. The molecule has 0 spiro atoms. The van der Waals surface area contributed by atoms with Crippen molar-refractivity contribution in [3.8, 4) is 11.5 Å². The molecule has 0 aliphatic rings. The normalized spacial score (nSPS) is 11.5. The fourth-order valence-corrected chi connectivity index (χ4v) is 10.7. The van der Waals surface area contributed by atoms with Gasteiger partial charge in [0, 0.05) is 0 Å². The minimum Gasteiger partial charge on any atom is -0.497 e. The molecule has 2 aromatic rings. The Balaban J connectivity index is 2.41. The van der Waals surface area contributed by atoms with E-state index in [4.69, 9.17) is 9.47 Å². The molecule has 4 heteroatoms. The molecule has 0 atom stereocenters. The Morgan fingerprint density at radius 3 is 1.24 bits per heavy atom. The number of methoxy groups -OCH3 is 2. The van der Waals surface area contributed by atoms with E-state index in [0.717, 1.165) is 11.5 Å². The summed E-state index contributed by atoms with van der Waals surface area (Å²) in [6.45, 7) is 7.31.